The molecule has 1 amide bonds. The molecule has 0 saturated carbocycles. The maximum Gasteiger partial charge on any atom is 0.411 e. The second kappa shape index (κ2) is 11.0. The lowest BCUT2D eigenvalue weighted by Gasteiger charge is -2.14. The summed E-state index contributed by atoms with van der Waals surface area (Å²) >= 11 is 0. The number of ether oxygens (including phenoxy) is 1. The molecule has 1 aliphatic rings. The van der Waals surface area contributed by atoms with Gasteiger partial charge in [0.1, 0.15) is 11.6 Å². The average molecular weight is 469 g/mol. The van der Waals surface area contributed by atoms with E-state index in [4.69, 9.17) is 4.74 Å². The third-order valence-corrected chi connectivity index (χ3v) is 5.58. The molecule has 1 fully saturated rings. The molecule has 2 heterocycles. The van der Waals surface area contributed by atoms with Crippen molar-refractivity contribution in [2.75, 3.05) is 31.6 Å². The summed E-state index contributed by atoms with van der Waals surface area (Å²) in [4.78, 5) is 26.8. The summed E-state index contributed by atoms with van der Waals surface area (Å²) in [5.41, 5.74) is 1.37. The Kier molecular flexibility index (Phi) is 7.64. The van der Waals surface area contributed by atoms with E-state index >= 15 is 0 Å². The number of hydrogen-bond acceptors (Lipinski definition) is 5. The van der Waals surface area contributed by atoms with Crippen LogP contribution in [0.1, 0.15) is 24.8 Å². The van der Waals surface area contributed by atoms with Gasteiger partial charge in [0, 0.05) is 29.9 Å². The molecule has 1 N–H and O–H groups in total. The smallest absolute Gasteiger partial charge is 0.411 e. The number of halogens is 2. The van der Waals surface area contributed by atoms with Gasteiger partial charge >= 0.3 is 6.09 Å². The molecule has 0 unspecified atom stereocenters. The zero-order valence-electron chi connectivity index (χ0n) is 18.7. The number of carbonyl (C=O) groups is 1. The van der Waals surface area contributed by atoms with E-state index in [0.717, 1.165) is 44.3 Å². The molecular weight excluding hydrogens is 442 g/mol. The summed E-state index contributed by atoms with van der Waals surface area (Å²) < 4.78 is 33.6. The fraction of sp³-hybridized carbons (Fsp3) is 0.320. The van der Waals surface area contributed by atoms with Crippen molar-refractivity contribution >= 4 is 11.8 Å². The predicted octanol–water partition coefficient (Wildman–Crippen LogP) is 4.27. The van der Waals surface area contributed by atoms with Gasteiger partial charge in [-0.05, 0) is 68.2 Å². The molecule has 0 bridgehead atoms. The van der Waals surface area contributed by atoms with Gasteiger partial charge in [-0.2, -0.15) is 5.10 Å². The summed E-state index contributed by atoms with van der Waals surface area (Å²) in [6, 6.07) is 12.8. The van der Waals surface area contributed by atoms with E-state index in [9.17, 15) is 18.4 Å². The molecule has 9 heteroatoms. The Hall–Kier alpha value is -3.59. The molecule has 1 aromatic heterocycles. The number of carbonyl (C=O) groups excluding carboxylic acids is 1. The van der Waals surface area contributed by atoms with Crippen molar-refractivity contribution in [1.82, 2.24) is 14.7 Å². The van der Waals surface area contributed by atoms with Crippen LogP contribution in [-0.4, -0.2) is 47.0 Å². The van der Waals surface area contributed by atoms with Crippen molar-refractivity contribution < 1.29 is 18.3 Å². The van der Waals surface area contributed by atoms with E-state index in [-0.39, 0.29) is 23.4 Å². The minimum absolute atomic E-state index is 0.116. The molecule has 178 valence electrons. The maximum absolute atomic E-state index is 13.6. The minimum Gasteiger partial charge on any atom is -0.449 e. The molecule has 1 aliphatic heterocycles. The largest absolute Gasteiger partial charge is 0.449 e. The first kappa shape index (κ1) is 23.6. The van der Waals surface area contributed by atoms with Crippen molar-refractivity contribution in [3.05, 3.63) is 82.1 Å². The van der Waals surface area contributed by atoms with E-state index in [1.807, 2.05) is 0 Å². The fourth-order valence-corrected chi connectivity index (χ4v) is 3.95. The van der Waals surface area contributed by atoms with Crippen LogP contribution < -0.4 is 10.9 Å². The van der Waals surface area contributed by atoms with Crippen molar-refractivity contribution in [1.29, 1.82) is 0 Å². The molecule has 3 aromatic rings. The lowest BCUT2D eigenvalue weighted by molar-refractivity contribution is 0.154. The van der Waals surface area contributed by atoms with Gasteiger partial charge in [0.2, 0.25) is 0 Å². The van der Waals surface area contributed by atoms with Crippen LogP contribution in [0, 0.1) is 11.6 Å². The highest BCUT2D eigenvalue weighted by Gasteiger charge is 2.12. The van der Waals surface area contributed by atoms with Crippen LogP contribution in [0.25, 0.3) is 11.3 Å². The van der Waals surface area contributed by atoms with E-state index in [1.165, 1.54) is 29.7 Å². The Balaban J connectivity index is 1.37. The SMILES string of the molecule is O=C(Nc1cccc(Cn2nc(-c3cc(F)cc(F)c3)ccc2=O)c1)OCCCN1CCCC1. The zero-order valence-corrected chi connectivity index (χ0v) is 18.7. The van der Waals surface area contributed by atoms with Gasteiger partial charge in [0.25, 0.3) is 5.56 Å². The molecule has 0 atom stereocenters. The van der Waals surface area contributed by atoms with Gasteiger partial charge < -0.3 is 9.64 Å². The van der Waals surface area contributed by atoms with Gasteiger partial charge in [0.05, 0.1) is 18.8 Å². The molecule has 0 radical (unpaired) electrons. The van der Waals surface area contributed by atoms with Crippen LogP contribution in [0.2, 0.25) is 0 Å². The number of rotatable bonds is 8. The highest BCUT2D eigenvalue weighted by Crippen LogP contribution is 2.19. The number of likely N-dealkylation sites (tertiary alicyclic amines) is 1. The maximum atomic E-state index is 13.6. The number of hydrogen-bond donors (Lipinski definition) is 1. The lowest BCUT2D eigenvalue weighted by Crippen LogP contribution is -2.23. The first-order valence-corrected chi connectivity index (χ1v) is 11.3. The fourth-order valence-electron chi connectivity index (χ4n) is 3.95. The number of amides is 1. The molecule has 0 aliphatic carbocycles. The molecule has 4 rings (SSSR count). The third-order valence-electron chi connectivity index (χ3n) is 5.58. The second-order valence-electron chi connectivity index (χ2n) is 8.24. The predicted molar refractivity (Wildman–Crippen MR) is 125 cm³/mol. The molecule has 0 spiro atoms. The van der Waals surface area contributed by atoms with Crippen LogP contribution >= 0.6 is 0 Å². The first-order chi connectivity index (χ1) is 16.5. The normalized spacial score (nSPS) is 13.7. The highest BCUT2D eigenvalue weighted by molar-refractivity contribution is 5.84. The summed E-state index contributed by atoms with van der Waals surface area (Å²) in [5.74, 6) is -1.45. The topological polar surface area (TPSA) is 76.5 Å². The Labute approximate surface area is 196 Å². The van der Waals surface area contributed by atoms with E-state index < -0.39 is 17.7 Å². The van der Waals surface area contributed by atoms with Gasteiger partial charge in [-0.3, -0.25) is 10.1 Å². The van der Waals surface area contributed by atoms with Crippen molar-refractivity contribution in [2.24, 2.45) is 0 Å². The number of nitrogens with zero attached hydrogens (tertiary/aromatic N) is 3. The van der Waals surface area contributed by atoms with Crippen molar-refractivity contribution in [3.8, 4) is 11.3 Å². The number of anilines is 1. The van der Waals surface area contributed by atoms with Crippen molar-refractivity contribution in [2.45, 2.75) is 25.8 Å². The summed E-state index contributed by atoms with van der Waals surface area (Å²) in [5, 5.41) is 6.94. The summed E-state index contributed by atoms with van der Waals surface area (Å²) in [7, 11) is 0. The van der Waals surface area contributed by atoms with Gasteiger partial charge in [-0.1, -0.05) is 12.1 Å². The van der Waals surface area contributed by atoms with Crippen LogP contribution in [0.15, 0.2) is 59.4 Å². The standard InChI is InChI=1S/C25H26F2N4O3/c26-20-14-19(15-21(27)16-20)23-7-8-24(32)31(29-23)17-18-5-3-6-22(13-18)28-25(33)34-12-4-11-30-9-1-2-10-30/h3,5-8,13-16H,1-2,4,9-12,17H2,(H,28,33). The molecular formula is C25H26F2N4O3. The Bertz CT molecular complexity index is 1190. The monoisotopic (exact) mass is 468 g/mol. The minimum atomic E-state index is -0.726. The van der Waals surface area contributed by atoms with E-state index in [1.54, 1.807) is 24.3 Å². The first-order valence-electron chi connectivity index (χ1n) is 11.3. The van der Waals surface area contributed by atoms with Crippen LogP contribution in [0.4, 0.5) is 19.3 Å². The Morgan fingerprint density at radius 3 is 2.56 bits per heavy atom. The number of aromatic nitrogens is 2. The number of benzene rings is 2. The van der Waals surface area contributed by atoms with Gasteiger partial charge in [-0.15, -0.1) is 0 Å². The number of nitrogens with one attached hydrogen (secondary N) is 1. The summed E-state index contributed by atoms with van der Waals surface area (Å²) in [6.07, 6.45) is 2.71. The highest BCUT2D eigenvalue weighted by atomic mass is 19.1. The van der Waals surface area contributed by atoms with Crippen LogP contribution in [-0.2, 0) is 11.3 Å². The van der Waals surface area contributed by atoms with Crippen LogP contribution in [0.5, 0.6) is 0 Å². The Morgan fingerprint density at radius 2 is 1.79 bits per heavy atom. The second-order valence-corrected chi connectivity index (χ2v) is 8.24. The Morgan fingerprint density at radius 1 is 1.03 bits per heavy atom. The van der Waals surface area contributed by atoms with Crippen molar-refractivity contribution in [3.63, 3.8) is 0 Å². The molecule has 7 nitrogen and oxygen atoms in total. The average Bonchev–Trinajstić information content (AvgIpc) is 3.31. The molecule has 2 aromatic carbocycles. The molecule has 1 saturated heterocycles. The molecule has 34 heavy (non-hydrogen) atoms. The zero-order chi connectivity index (χ0) is 23.9. The van der Waals surface area contributed by atoms with Gasteiger partial charge in [0.15, 0.2) is 0 Å². The van der Waals surface area contributed by atoms with E-state index in [2.05, 4.69) is 15.3 Å². The van der Waals surface area contributed by atoms with E-state index in [0.29, 0.717) is 17.9 Å². The van der Waals surface area contributed by atoms with Gasteiger partial charge in [-0.25, -0.2) is 18.3 Å². The summed E-state index contributed by atoms with van der Waals surface area (Å²) in [6.45, 7) is 3.60. The van der Waals surface area contributed by atoms with Crippen LogP contribution in [0.3, 0.4) is 0 Å². The quantitative estimate of drug-likeness (QED) is 0.500. The third kappa shape index (κ3) is 6.48. The lowest BCUT2D eigenvalue weighted by atomic mass is 10.1.